The Morgan fingerprint density at radius 2 is 2.04 bits per heavy atom. The molecule has 0 fully saturated rings. The first-order valence-electron chi connectivity index (χ1n) is 7.90. The Morgan fingerprint density at radius 1 is 1.28 bits per heavy atom. The van der Waals surface area contributed by atoms with Crippen LogP contribution in [0.1, 0.15) is 18.7 Å². The number of amides is 1. The quantitative estimate of drug-likeness (QED) is 0.384. The van der Waals surface area contributed by atoms with Crippen molar-refractivity contribution in [3.63, 3.8) is 0 Å². The van der Waals surface area contributed by atoms with Crippen molar-refractivity contribution < 1.29 is 9.53 Å². The molecule has 0 aliphatic rings. The van der Waals surface area contributed by atoms with Gasteiger partial charge in [0.1, 0.15) is 21.4 Å². The van der Waals surface area contributed by atoms with Gasteiger partial charge in [-0.25, -0.2) is 9.97 Å². The number of rotatable bonds is 7. The topological polar surface area (TPSA) is 78.1 Å². The number of aromatic nitrogens is 2. The summed E-state index contributed by atoms with van der Waals surface area (Å²) in [5.74, 6) is 2.12. The van der Waals surface area contributed by atoms with Crippen molar-refractivity contribution in [3.05, 3.63) is 35.5 Å². The fraction of sp³-hybridized carbons (Fsp3) is 0.278. The number of methoxy groups -OCH3 is 1. The monoisotopic (exact) mass is 373 g/mol. The molecular weight excluding hydrogens is 354 g/mol. The van der Waals surface area contributed by atoms with Gasteiger partial charge in [0.25, 0.3) is 0 Å². The fourth-order valence-electron chi connectivity index (χ4n) is 2.51. The van der Waals surface area contributed by atoms with Crippen LogP contribution in [0.25, 0.3) is 21.3 Å². The van der Waals surface area contributed by atoms with Gasteiger partial charge in [0.15, 0.2) is 0 Å². The summed E-state index contributed by atoms with van der Waals surface area (Å²) in [5.41, 5.74) is 7.45. The summed E-state index contributed by atoms with van der Waals surface area (Å²) in [5, 5.41) is 4.15. The lowest BCUT2D eigenvalue weighted by Crippen LogP contribution is -2.10. The van der Waals surface area contributed by atoms with Crippen molar-refractivity contribution in [2.75, 3.05) is 12.9 Å². The largest absolute Gasteiger partial charge is 0.497 e. The van der Waals surface area contributed by atoms with Crippen LogP contribution in [0.3, 0.4) is 0 Å². The van der Waals surface area contributed by atoms with E-state index >= 15 is 0 Å². The Balaban J connectivity index is 1.95. The van der Waals surface area contributed by atoms with E-state index in [9.17, 15) is 4.79 Å². The zero-order valence-corrected chi connectivity index (χ0v) is 15.7. The van der Waals surface area contributed by atoms with Gasteiger partial charge in [-0.1, -0.05) is 12.1 Å². The fourth-order valence-corrected chi connectivity index (χ4v) is 4.60. The summed E-state index contributed by atoms with van der Waals surface area (Å²) >= 11 is 3.27. The van der Waals surface area contributed by atoms with Crippen LogP contribution in [0, 0.1) is 6.92 Å². The van der Waals surface area contributed by atoms with Gasteiger partial charge in [0, 0.05) is 23.1 Å². The molecule has 130 valence electrons. The van der Waals surface area contributed by atoms with Crippen molar-refractivity contribution in [2.24, 2.45) is 5.73 Å². The summed E-state index contributed by atoms with van der Waals surface area (Å²) in [6.45, 7) is 1.90. The number of carbonyl (C=O) groups excluding carboxylic acids is 1. The number of carbonyl (C=O) groups is 1. The molecule has 0 bridgehead atoms. The smallest absolute Gasteiger partial charge is 0.217 e. The standard InChI is InChI=1S/C18H19N3O2S2/c1-11-20-17(24-9-3-4-15(19)22)16-14(10-25-18(16)21-11)12-5-7-13(23-2)8-6-12/h5-8,10H,3-4,9H2,1-2H3,(H2,19,22). The molecule has 0 saturated carbocycles. The number of primary amides is 1. The second-order valence-corrected chi connectivity index (χ2v) is 7.49. The highest BCUT2D eigenvalue weighted by Crippen LogP contribution is 2.38. The zero-order valence-electron chi connectivity index (χ0n) is 14.1. The molecule has 0 radical (unpaired) electrons. The van der Waals surface area contributed by atoms with E-state index in [0.717, 1.165) is 50.1 Å². The molecule has 2 N–H and O–H groups in total. The summed E-state index contributed by atoms with van der Waals surface area (Å²) in [4.78, 5) is 21.1. The molecule has 0 aliphatic carbocycles. The lowest BCUT2D eigenvalue weighted by Gasteiger charge is -2.07. The third kappa shape index (κ3) is 4.11. The Kier molecular flexibility index (Phi) is 5.55. The van der Waals surface area contributed by atoms with E-state index in [1.54, 1.807) is 30.2 Å². The number of aryl methyl sites for hydroxylation is 1. The highest BCUT2D eigenvalue weighted by Gasteiger charge is 2.15. The molecule has 5 nitrogen and oxygen atoms in total. The van der Waals surface area contributed by atoms with Crippen molar-refractivity contribution in [2.45, 2.75) is 24.8 Å². The molecule has 0 saturated heterocycles. The van der Waals surface area contributed by atoms with Gasteiger partial charge in [-0.05, 0) is 31.0 Å². The SMILES string of the molecule is COc1ccc(-c2csc3nc(C)nc(SCCCC(N)=O)c23)cc1. The van der Waals surface area contributed by atoms with Gasteiger partial charge in [-0.2, -0.15) is 0 Å². The van der Waals surface area contributed by atoms with Gasteiger partial charge in [-0.15, -0.1) is 23.1 Å². The molecule has 7 heteroatoms. The van der Waals surface area contributed by atoms with Crippen molar-refractivity contribution in [3.8, 4) is 16.9 Å². The van der Waals surface area contributed by atoms with Crippen LogP contribution >= 0.6 is 23.1 Å². The van der Waals surface area contributed by atoms with E-state index in [1.165, 1.54) is 0 Å². The van der Waals surface area contributed by atoms with E-state index < -0.39 is 0 Å². The van der Waals surface area contributed by atoms with E-state index in [0.29, 0.717) is 6.42 Å². The maximum atomic E-state index is 10.9. The average molecular weight is 374 g/mol. The van der Waals surface area contributed by atoms with E-state index in [4.69, 9.17) is 10.5 Å². The minimum absolute atomic E-state index is 0.265. The third-order valence-electron chi connectivity index (χ3n) is 3.72. The van der Waals surface area contributed by atoms with Crippen LogP contribution in [0.15, 0.2) is 34.7 Å². The van der Waals surface area contributed by atoms with E-state index in [1.807, 2.05) is 31.2 Å². The molecule has 2 aromatic heterocycles. The summed E-state index contributed by atoms with van der Waals surface area (Å²) < 4.78 is 5.23. The van der Waals surface area contributed by atoms with Gasteiger partial charge < -0.3 is 10.5 Å². The number of thioether (sulfide) groups is 1. The lowest BCUT2D eigenvalue weighted by atomic mass is 10.1. The van der Waals surface area contributed by atoms with Crippen molar-refractivity contribution in [1.82, 2.24) is 9.97 Å². The molecule has 0 atom stereocenters. The zero-order chi connectivity index (χ0) is 17.8. The summed E-state index contributed by atoms with van der Waals surface area (Å²) in [6.07, 6.45) is 1.14. The second-order valence-electron chi connectivity index (χ2n) is 5.55. The maximum absolute atomic E-state index is 10.9. The highest BCUT2D eigenvalue weighted by atomic mass is 32.2. The summed E-state index contributed by atoms with van der Waals surface area (Å²) in [7, 11) is 1.66. The van der Waals surface area contributed by atoms with Crippen LogP contribution < -0.4 is 10.5 Å². The number of nitrogens with zero attached hydrogens (tertiary/aromatic N) is 2. The first-order chi connectivity index (χ1) is 12.1. The molecule has 0 aliphatic heterocycles. The predicted octanol–water partition coefficient (Wildman–Crippen LogP) is 4.03. The maximum Gasteiger partial charge on any atom is 0.217 e. The molecule has 3 rings (SSSR count). The van der Waals surface area contributed by atoms with E-state index in [2.05, 4.69) is 15.3 Å². The highest BCUT2D eigenvalue weighted by molar-refractivity contribution is 7.99. The van der Waals surface area contributed by atoms with Crippen molar-refractivity contribution >= 4 is 39.2 Å². The number of benzene rings is 1. The number of hydrogen-bond acceptors (Lipinski definition) is 6. The molecule has 0 unspecified atom stereocenters. The molecule has 0 spiro atoms. The Labute approximate surface area is 154 Å². The normalized spacial score (nSPS) is 11.0. The Morgan fingerprint density at radius 3 is 2.72 bits per heavy atom. The lowest BCUT2D eigenvalue weighted by molar-refractivity contribution is -0.118. The molecule has 25 heavy (non-hydrogen) atoms. The minimum atomic E-state index is -0.265. The van der Waals surface area contributed by atoms with Gasteiger partial charge >= 0.3 is 0 Å². The number of nitrogens with two attached hydrogens (primary N) is 1. The van der Waals surface area contributed by atoms with Crippen LogP contribution in [-0.2, 0) is 4.79 Å². The Bertz CT molecular complexity index is 891. The van der Waals surface area contributed by atoms with Crippen molar-refractivity contribution in [1.29, 1.82) is 0 Å². The van der Waals surface area contributed by atoms with E-state index in [-0.39, 0.29) is 5.91 Å². The summed E-state index contributed by atoms with van der Waals surface area (Å²) in [6, 6.07) is 7.99. The molecular formula is C18H19N3O2S2. The first-order valence-corrected chi connectivity index (χ1v) is 9.76. The average Bonchev–Trinajstić information content (AvgIpc) is 3.02. The van der Waals surface area contributed by atoms with Crippen LogP contribution in [0.5, 0.6) is 5.75 Å². The number of hydrogen-bond donors (Lipinski definition) is 1. The first kappa shape index (κ1) is 17.7. The Hall–Kier alpha value is -2.12. The second kappa shape index (κ2) is 7.84. The van der Waals surface area contributed by atoms with Crippen LogP contribution in [0.4, 0.5) is 0 Å². The molecule has 2 heterocycles. The third-order valence-corrected chi connectivity index (χ3v) is 5.65. The molecule has 1 amide bonds. The molecule has 1 aromatic carbocycles. The van der Waals surface area contributed by atoms with Crippen LogP contribution in [0.2, 0.25) is 0 Å². The van der Waals surface area contributed by atoms with Gasteiger partial charge in [0.2, 0.25) is 5.91 Å². The number of ether oxygens (including phenoxy) is 1. The molecule has 3 aromatic rings. The van der Waals surface area contributed by atoms with Gasteiger partial charge in [-0.3, -0.25) is 4.79 Å². The predicted molar refractivity (Wildman–Crippen MR) is 103 cm³/mol. The number of thiophene rings is 1. The van der Waals surface area contributed by atoms with Gasteiger partial charge in [0.05, 0.1) is 12.5 Å². The number of fused-ring (bicyclic) bond motifs is 1. The minimum Gasteiger partial charge on any atom is -0.497 e. The van der Waals surface area contributed by atoms with Crippen LogP contribution in [-0.4, -0.2) is 28.7 Å².